The minimum atomic E-state index is -0.714. The van der Waals surface area contributed by atoms with E-state index in [0.717, 1.165) is 36.7 Å². The van der Waals surface area contributed by atoms with E-state index in [9.17, 15) is 14.4 Å². The molecule has 0 aromatic heterocycles. The molecule has 0 atom stereocenters. The van der Waals surface area contributed by atoms with Gasteiger partial charge in [-0.1, -0.05) is 6.58 Å². The molecule has 0 radical (unpaired) electrons. The second kappa shape index (κ2) is 17.6. The molecule has 0 amide bonds. The number of carbonyl (C=O) groups is 3. The molecule has 9 nitrogen and oxygen atoms in total. The third-order valence-corrected chi connectivity index (χ3v) is 4.88. The molecule has 9 heteroatoms. The van der Waals surface area contributed by atoms with E-state index in [-0.39, 0.29) is 18.4 Å². The standard InChI is InChI=1S/C16H22O6.C8H12O3/c1-3-16(17)22-13-11-20-9-8-19-10-12-21-15-6-4-14(18-2)5-7-15;9-5-6-1-3-7(4-2-6)8(10)11/h3-7H,1,8-13H2,2H3;5-7H,1-4H2,(H,10,11). The SMILES string of the molecule is C=CC(=O)OCCOCCOCCOc1ccc(OC)cc1.O=CC1CCC(C(=O)O)CC1. The van der Waals surface area contributed by atoms with E-state index in [1.54, 1.807) is 7.11 Å². The molecule has 33 heavy (non-hydrogen) atoms. The Morgan fingerprint density at radius 3 is 2.00 bits per heavy atom. The summed E-state index contributed by atoms with van der Waals surface area (Å²) < 4.78 is 25.9. The first-order valence-electron chi connectivity index (χ1n) is 10.9. The fourth-order valence-corrected chi connectivity index (χ4v) is 2.97. The molecule has 0 saturated heterocycles. The van der Waals surface area contributed by atoms with Gasteiger partial charge in [-0.05, 0) is 49.9 Å². The van der Waals surface area contributed by atoms with Crippen molar-refractivity contribution in [2.24, 2.45) is 11.8 Å². The Kier molecular flexibility index (Phi) is 15.0. The fourth-order valence-electron chi connectivity index (χ4n) is 2.97. The molecule has 1 aromatic rings. The van der Waals surface area contributed by atoms with Gasteiger partial charge >= 0.3 is 11.9 Å². The van der Waals surface area contributed by atoms with Gasteiger partial charge in [-0.2, -0.15) is 0 Å². The Hall–Kier alpha value is -2.91. The molecule has 0 aliphatic heterocycles. The average Bonchev–Trinajstić information content (AvgIpc) is 2.85. The lowest BCUT2D eigenvalue weighted by molar-refractivity contribution is -0.143. The van der Waals surface area contributed by atoms with Gasteiger partial charge in [0.05, 0.1) is 39.5 Å². The summed E-state index contributed by atoms with van der Waals surface area (Å²) in [5.74, 6) is 0.311. The second-order valence-electron chi connectivity index (χ2n) is 7.21. The highest BCUT2D eigenvalue weighted by molar-refractivity contribution is 5.81. The largest absolute Gasteiger partial charge is 0.497 e. The molecule has 184 valence electrons. The van der Waals surface area contributed by atoms with Gasteiger partial charge in [0.25, 0.3) is 0 Å². The van der Waals surface area contributed by atoms with E-state index in [4.69, 9.17) is 28.8 Å². The molecule has 1 aromatic carbocycles. The van der Waals surface area contributed by atoms with E-state index in [1.807, 2.05) is 24.3 Å². The average molecular weight is 467 g/mol. The van der Waals surface area contributed by atoms with E-state index < -0.39 is 11.9 Å². The van der Waals surface area contributed by atoms with Crippen molar-refractivity contribution in [3.8, 4) is 11.5 Å². The number of ether oxygens (including phenoxy) is 5. The number of hydrogen-bond acceptors (Lipinski definition) is 8. The lowest BCUT2D eigenvalue weighted by Gasteiger charge is -2.21. The first kappa shape index (κ1) is 28.1. The van der Waals surface area contributed by atoms with Crippen LogP contribution in [0.1, 0.15) is 25.7 Å². The maximum atomic E-state index is 10.7. The zero-order valence-corrected chi connectivity index (χ0v) is 19.1. The Morgan fingerprint density at radius 2 is 1.48 bits per heavy atom. The monoisotopic (exact) mass is 466 g/mol. The van der Waals surface area contributed by atoms with Crippen LogP contribution in [-0.2, 0) is 28.6 Å². The van der Waals surface area contributed by atoms with Gasteiger partial charge in [-0.3, -0.25) is 4.79 Å². The Morgan fingerprint density at radius 1 is 0.939 bits per heavy atom. The first-order valence-corrected chi connectivity index (χ1v) is 10.9. The van der Waals surface area contributed by atoms with Gasteiger partial charge in [0, 0.05) is 12.0 Å². The van der Waals surface area contributed by atoms with Gasteiger partial charge in [0.15, 0.2) is 0 Å². The van der Waals surface area contributed by atoms with Gasteiger partial charge in [-0.25, -0.2) is 4.79 Å². The van der Waals surface area contributed by atoms with Crippen molar-refractivity contribution in [2.75, 3.05) is 46.8 Å². The van der Waals surface area contributed by atoms with Crippen LogP contribution in [0.5, 0.6) is 11.5 Å². The van der Waals surface area contributed by atoms with Crippen LogP contribution >= 0.6 is 0 Å². The predicted octanol–water partition coefficient (Wildman–Crippen LogP) is 2.91. The van der Waals surface area contributed by atoms with Crippen LogP contribution < -0.4 is 9.47 Å². The number of rotatable bonds is 14. The predicted molar refractivity (Wildman–Crippen MR) is 120 cm³/mol. The molecule has 0 spiro atoms. The fraction of sp³-hybridized carbons (Fsp3) is 0.542. The number of benzene rings is 1. The summed E-state index contributed by atoms with van der Waals surface area (Å²) in [4.78, 5) is 31.5. The summed E-state index contributed by atoms with van der Waals surface area (Å²) in [6.07, 6.45) is 4.89. The normalized spacial score (nSPS) is 17.1. The van der Waals surface area contributed by atoms with Crippen molar-refractivity contribution in [1.29, 1.82) is 0 Å². The van der Waals surface area contributed by atoms with E-state index in [1.165, 1.54) is 0 Å². The molecule has 1 N–H and O–H groups in total. The zero-order valence-electron chi connectivity index (χ0n) is 19.1. The zero-order chi connectivity index (χ0) is 24.3. The van der Waals surface area contributed by atoms with Crippen LogP contribution in [0, 0.1) is 11.8 Å². The lowest BCUT2D eigenvalue weighted by Crippen LogP contribution is -2.21. The molecule has 0 unspecified atom stereocenters. The van der Waals surface area contributed by atoms with Crippen molar-refractivity contribution in [3.05, 3.63) is 36.9 Å². The van der Waals surface area contributed by atoms with Crippen molar-refractivity contribution < 1.29 is 43.2 Å². The van der Waals surface area contributed by atoms with Crippen molar-refractivity contribution in [3.63, 3.8) is 0 Å². The number of carboxylic acid groups (broad SMARTS) is 1. The van der Waals surface area contributed by atoms with Crippen LogP contribution in [0.15, 0.2) is 36.9 Å². The van der Waals surface area contributed by atoms with Crippen molar-refractivity contribution in [2.45, 2.75) is 25.7 Å². The molecule has 1 aliphatic carbocycles. The molecule has 0 bridgehead atoms. The number of aliphatic carboxylic acids is 1. The van der Waals surface area contributed by atoms with Crippen LogP contribution in [0.25, 0.3) is 0 Å². The minimum Gasteiger partial charge on any atom is -0.497 e. The molecule has 0 heterocycles. The molecular weight excluding hydrogens is 432 g/mol. The summed E-state index contributed by atoms with van der Waals surface area (Å²) >= 11 is 0. The summed E-state index contributed by atoms with van der Waals surface area (Å²) in [7, 11) is 1.62. The Labute approximate surface area is 194 Å². The van der Waals surface area contributed by atoms with Gasteiger partial charge < -0.3 is 33.6 Å². The maximum Gasteiger partial charge on any atom is 0.330 e. The van der Waals surface area contributed by atoms with Gasteiger partial charge in [0.1, 0.15) is 31.0 Å². The summed E-state index contributed by atoms with van der Waals surface area (Å²) in [6, 6.07) is 7.35. The second-order valence-corrected chi connectivity index (χ2v) is 7.21. The highest BCUT2D eigenvalue weighted by Crippen LogP contribution is 2.27. The number of aldehydes is 1. The number of carboxylic acids is 1. The Bertz CT molecular complexity index is 694. The third kappa shape index (κ3) is 13.3. The van der Waals surface area contributed by atoms with E-state index in [0.29, 0.717) is 45.9 Å². The minimum absolute atomic E-state index is 0.116. The van der Waals surface area contributed by atoms with Crippen molar-refractivity contribution >= 4 is 18.2 Å². The van der Waals surface area contributed by atoms with Crippen LogP contribution in [-0.4, -0.2) is 70.1 Å². The molecule has 1 saturated carbocycles. The summed E-state index contributed by atoms with van der Waals surface area (Å²) in [6.45, 7) is 5.68. The van der Waals surface area contributed by atoms with Crippen LogP contribution in [0.2, 0.25) is 0 Å². The lowest BCUT2D eigenvalue weighted by atomic mass is 9.83. The number of esters is 1. The Balaban J connectivity index is 0.000000412. The van der Waals surface area contributed by atoms with E-state index >= 15 is 0 Å². The van der Waals surface area contributed by atoms with E-state index in [2.05, 4.69) is 6.58 Å². The quantitative estimate of drug-likeness (QED) is 0.191. The number of hydrogen-bond donors (Lipinski definition) is 1. The maximum absolute atomic E-state index is 10.7. The highest BCUT2D eigenvalue weighted by atomic mass is 16.6. The van der Waals surface area contributed by atoms with Crippen LogP contribution in [0.4, 0.5) is 0 Å². The first-order chi connectivity index (χ1) is 16.0. The van der Waals surface area contributed by atoms with Gasteiger partial charge in [-0.15, -0.1) is 0 Å². The van der Waals surface area contributed by atoms with Crippen LogP contribution in [0.3, 0.4) is 0 Å². The number of methoxy groups -OCH3 is 1. The molecule has 1 aliphatic rings. The summed E-state index contributed by atoms with van der Waals surface area (Å²) in [5, 5.41) is 8.61. The number of carbonyl (C=O) groups excluding carboxylic acids is 2. The molecular formula is C24H34O9. The highest BCUT2D eigenvalue weighted by Gasteiger charge is 2.25. The topological polar surface area (TPSA) is 118 Å². The summed E-state index contributed by atoms with van der Waals surface area (Å²) in [5.41, 5.74) is 0. The smallest absolute Gasteiger partial charge is 0.330 e. The van der Waals surface area contributed by atoms with Crippen molar-refractivity contribution in [1.82, 2.24) is 0 Å². The van der Waals surface area contributed by atoms with Gasteiger partial charge in [0.2, 0.25) is 0 Å². The molecule has 2 rings (SSSR count). The third-order valence-electron chi connectivity index (χ3n) is 4.88. The molecule has 1 fully saturated rings.